The summed E-state index contributed by atoms with van der Waals surface area (Å²) in [5.41, 5.74) is 6.56. The van der Waals surface area contributed by atoms with Crippen LogP contribution in [0.1, 0.15) is 12.5 Å². The quantitative estimate of drug-likeness (QED) is 0.661. The Kier molecular flexibility index (Phi) is 4.45. The molecule has 24 heavy (non-hydrogen) atoms. The van der Waals surface area contributed by atoms with Crippen LogP contribution in [0.15, 0.2) is 40.3 Å². The highest BCUT2D eigenvalue weighted by Gasteiger charge is 2.20. The van der Waals surface area contributed by atoms with Crippen molar-refractivity contribution in [1.82, 2.24) is 19.5 Å². The Morgan fingerprint density at radius 1 is 1.33 bits per heavy atom. The molecule has 0 aliphatic rings. The molecule has 9 heteroatoms. The Labute approximate surface area is 140 Å². The normalized spacial score (nSPS) is 13.9. The molecule has 2 aromatic heterocycles. The van der Waals surface area contributed by atoms with Crippen LogP contribution in [0.2, 0.25) is 0 Å². The number of aromatic nitrogens is 4. The number of nitrogens with one attached hydrogen (secondary N) is 1. The van der Waals surface area contributed by atoms with Crippen molar-refractivity contribution < 1.29 is 8.95 Å². The van der Waals surface area contributed by atoms with Gasteiger partial charge in [0.25, 0.3) is 0 Å². The second kappa shape index (κ2) is 6.54. The number of hydrogen-bond donors (Lipinski definition) is 2. The molecule has 3 N–H and O–H groups in total. The Bertz CT molecular complexity index is 951. The minimum Gasteiger partial charge on any atom is -0.382 e. The fourth-order valence-corrected chi connectivity index (χ4v) is 3.11. The maximum Gasteiger partial charge on any atom is 0.328 e. The van der Waals surface area contributed by atoms with Crippen molar-refractivity contribution in [3.63, 3.8) is 0 Å². The first kappa shape index (κ1) is 16.3. The highest BCUT2D eigenvalue weighted by Crippen LogP contribution is 2.18. The highest BCUT2D eigenvalue weighted by molar-refractivity contribution is 7.85. The molecule has 0 aliphatic carbocycles. The Balaban J connectivity index is 2.13. The molecule has 126 valence electrons. The lowest BCUT2D eigenvalue weighted by Crippen LogP contribution is -2.19. The van der Waals surface area contributed by atoms with Crippen LogP contribution in [0, 0.1) is 0 Å². The summed E-state index contributed by atoms with van der Waals surface area (Å²) in [6.07, 6.45) is 0. The van der Waals surface area contributed by atoms with Gasteiger partial charge in [0.15, 0.2) is 11.5 Å². The van der Waals surface area contributed by atoms with Crippen molar-refractivity contribution in [3.05, 3.63) is 46.4 Å². The molecule has 0 radical (unpaired) electrons. The van der Waals surface area contributed by atoms with E-state index in [-0.39, 0.29) is 16.7 Å². The monoisotopic (exact) mass is 347 g/mol. The van der Waals surface area contributed by atoms with Gasteiger partial charge in [-0.05, 0) is 12.5 Å². The predicted molar refractivity (Wildman–Crippen MR) is 91.0 cm³/mol. The molecule has 0 bridgehead atoms. The van der Waals surface area contributed by atoms with Crippen LogP contribution in [0.5, 0.6) is 0 Å². The average Bonchev–Trinajstić information content (AvgIpc) is 2.91. The standard InChI is InChI=1S/C15H17N5O3S/c1-9(23-2)24(22)14-18-12(16)11-13(19-14)20(15(21)17-11)8-10-6-4-3-5-7-10/h3-7,9H,8H2,1-2H3,(H,17,21)(H2,16,18,19). The van der Waals surface area contributed by atoms with Crippen molar-refractivity contribution in [1.29, 1.82) is 0 Å². The number of imidazole rings is 1. The van der Waals surface area contributed by atoms with E-state index in [0.29, 0.717) is 17.7 Å². The summed E-state index contributed by atoms with van der Waals surface area (Å²) in [5, 5.41) is 0.0372. The zero-order valence-corrected chi connectivity index (χ0v) is 14.0. The third-order valence-corrected chi connectivity index (χ3v) is 4.96. The van der Waals surface area contributed by atoms with Gasteiger partial charge in [-0.2, -0.15) is 0 Å². The van der Waals surface area contributed by atoms with Crippen molar-refractivity contribution in [3.8, 4) is 0 Å². The van der Waals surface area contributed by atoms with Crippen LogP contribution in [0.3, 0.4) is 0 Å². The summed E-state index contributed by atoms with van der Waals surface area (Å²) in [6.45, 7) is 1.97. The van der Waals surface area contributed by atoms with E-state index in [0.717, 1.165) is 5.56 Å². The van der Waals surface area contributed by atoms with Gasteiger partial charge in [0.05, 0.1) is 6.54 Å². The SMILES string of the molecule is COC(C)S(=O)c1nc(N)c2[nH]c(=O)n(Cc3ccccc3)c2n1. The van der Waals surface area contributed by atoms with E-state index in [9.17, 15) is 9.00 Å². The van der Waals surface area contributed by atoms with Gasteiger partial charge in [0.2, 0.25) is 5.16 Å². The molecule has 3 aromatic rings. The Hall–Kier alpha value is -2.52. The minimum atomic E-state index is -1.59. The fraction of sp³-hybridized carbons (Fsp3) is 0.267. The molecule has 8 nitrogen and oxygen atoms in total. The number of methoxy groups -OCH3 is 1. The van der Waals surface area contributed by atoms with E-state index in [4.69, 9.17) is 10.5 Å². The number of nitrogens with zero attached hydrogens (tertiary/aromatic N) is 3. The molecule has 0 fully saturated rings. The van der Waals surface area contributed by atoms with Gasteiger partial charge < -0.3 is 15.5 Å². The van der Waals surface area contributed by atoms with Crippen LogP contribution in [-0.4, -0.2) is 36.3 Å². The van der Waals surface area contributed by atoms with E-state index < -0.39 is 16.2 Å². The average molecular weight is 347 g/mol. The van der Waals surface area contributed by atoms with Gasteiger partial charge in [-0.25, -0.2) is 19.0 Å². The zero-order valence-electron chi connectivity index (χ0n) is 13.2. The first-order valence-corrected chi connectivity index (χ1v) is 8.46. The summed E-state index contributed by atoms with van der Waals surface area (Å²) in [6, 6.07) is 9.48. The molecule has 2 atom stereocenters. The number of nitrogens with two attached hydrogens (primary N) is 1. The molecule has 1 aromatic carbocycles. The van der Waals surface area contributed by atoms with Crippen LogP contribution >= 0.6 is 0 Å². The maximum absolute atomic E-state index is 12.4. The molecule has 3 rings (SSSR count). The summed E-state index contributed by atoms with van der Waals surface area (Å²) in [5.74, 6) is 0.0792. The molecule has 0 amide bonds. The summed E-state index contributed by atoms with van der Waals surface area (Å²) < 4.78 is 18.9. The third-order valence-electron chi connectivity index (χ3n) is 3.63. The molecule has 0 spiro atoms. The van der Waals surface area contributed by atoms with Gasteiger partial charge in [0, 0.05) is 7.11 Å². The van der Waals surface area contributed by atoms with Gasteiger partial charge in [-0.15, -0.1) is 0 Å². The molecular formula is C15H17N5O3S. The largest absolute Gasteiger partial charge is 0.382 e. The summed E-state index contributed by atoms with van der Waals surface area (Å²) in [4.78, 5) is 23.2. The lowest BCUT2D eigenvalue weighted by atomic mass is 10.2. The number of aromatic amines is 1. The topological polar surface area (TPSA) is 116 Å². The Morgan fingerprint density at radius 3 is 2.71 bits per heavy atom. The second-order valence-electron chi connectivity index (χ2n) is 5.19. The lowest BCUT2D eigenvalue weighted by Gasteiger charge is -2.09. The molecule has 0 saturated carbocycles. The van der Waals surface area contributed by atoms with Crippen molar-refractivity contribution in [2.24, 2.45) is 0 Å². The van der Waals surface area contributed by atoms with Crippen molar-refractivity contribution in [2.45, 2.75) is 24.1 Å². The van der Waals surface area contributed by atoms with E-state index in [1.807, 2.05) is 30.3 Å². The number of ether oxygens (including phenoxy) is 1. The molecule has 2 heterocycles. The van der Waals surface area contributed by atoms with Crippen LogP contribution in [0.25, 0.3) is 11.2 Å². The van der Waals surface area contributed by atoms with Crippen LogP contribution < -0.4 is 11.4 Å². The molecule has 0 aliphatic heterocycles. The van der Waals surface area contributed by atoms with Gasteiger partial charge in [-0.1, -0.05) is 30.3 Å². The van der Waals surface area contributed by atoms with Crippen molar-refractivity contribution >= 4 is 27.8 Å². The number of anilines is 1. The van der Waals surface area contributed by atoms with Crippen LogP contribution in [0.4, 0.5) is 5.82 Å². The second-order valence-corrected chi connectivity index (χ2v) is 6.82. The van der Waals surface area contributed by atoms with Gasteiger partial charge in [0.1, 0.15) is 21.8 Å². The van der Waals surface area contributed by atoms with E-state index in [2.05, 4.69) is 15.0 Å². The minimum absolute atomic E-state index is 0.0372. The number of H-pyrrole nitrogens is 1. The van der Waals surface area contributed by atoms with Crippen LogP contribution in [-0.2, 0) is 22.1 Å². The smallest absolute Gasteiger partial charge is 0.328 e. The Morgan fingerprint density at radius 2 is 2.04 bits per heavy atom. The third kappa shape index (κ3) is 2.95. The van der Waals surface area contributed by atoms with E-state index in [1.54, 1.807) is 6.92 Å². The molecule has 2 unspecified atom stereocenters. The maximum atomic E-state index is 12.4. The van der Waals surface area contributed by atoms with E-state index in [1.165, 1.54) is 11.7 Å². The van der Waals surface area contributed by atoms with Crippen molar-refractivity contribution in [2.75, 3.05) is 12.8 Å². The highest BCUT2D eigenvalue weighted by atomic mass is 32.2. The predicted octanol–water partition coefficient (Wildman–Crippen LogP) is 0.850. The summed E-state index contributed by atoms with van der Waals surface area (Å²) >= 11 is 0. The van der Waals surface area contributed by atoms with Gasteiger partial charge in [-0.3, -0.25) is 4.57 Å². The lowest BCUT2D eigenvalue weighted by molar-refractivity contribution is 0.182. The first-order chi connectivity index (χ1) is 11.5. The van der Waals surface area contributed by atoms with Gasteiger partial charge >= 0.3 is 5.69 Å². The molecular weight excluding hydrogens is 330 g/mol. The number of rotatable bonds is 5. The number of nitrogen functional groups attached to an aromatic ring is 1. The number of hydrogen-bond acceptors (Lipinski definition) is 6. The molecule has 0 saturated heterocycles. The number of fused-ring (bicyclic) bond motifs is 1. The number of benzene rings is 1. The van der Waals surface area contributed by atoms with E-state index >= 15 is 0 Å². The fourth-order valence-electron chi connectivity index (χ4n) is 2.27. The zero-order chi connectivity index (χ0) is 17.3. The first-order valence-electron chi connectivity index (χ1n) is 7.24. The summed E-state index contributed by atoms with van der Waals surface area (Å²) in [7, 11) is -0.143.